The van der Waals surface area contributed by atoms with Crippen LogP contribution in [0.25, 0.3) is 0 Å². The molecule has 6 nitrogen and oxygen atoms in total. The van der Waals surface area contributed by atoms with E-state index in [4.69, 9.17) is 0 Å². The Morgan fingerprint density at radius 1 is 1.32 bits per heavy atom. The highest BCUT2D eigenvalue weighted by Gasteiger charge is 2.22. The van der Waals surface area contributed by atoms with Gasteiger partial charge in [-0.2, -0.15) is 0 Å². The van der Waals surface area contributed by atoms with E-state index in [1.54, 1.807) is 0 Å². The molecule has 1 aliphatic carbocycles. The first-order valence-corrected chi connectivity index (χ1v) is 9.96. The van der Waals surface area contributed by atoms with Crippen LogP contribution in [0.5, 0.6) is 0 Å². The molecule has 1 fully saturated rings. The maximum Gasteiger partial charge on any atom is 0.234 e. The van der Waals surface area contributed by atoms with Crippen LogP contribution in [0.2, 0.25) is 0 Å². The van der Waals surface area contributed by atoms with Crippen molar-refractivity contribution >= 4 is 23.4 Å². The summed E-state index contributed by atoms with van der Waals surface area (Å²) in [6.45, 7) is 4.38. The zero-order chi connectivity index (χ0) is 17.6. The van der Waals surface area contributed by atoms with Crippen LogP contribution < -0.4 is 5.32 Å². The number of carbonyl (C=O) groups excluding carboxylic acids is 1. The van der Waals surface area contributed by atoms with Gasteiger partial charge in [-0.3, -0.25) is 4.79 Å². The molecule has 25 heavy (non-hydrogen) atoms. The molecule has 134 valence electrons. The third kappa shape index (κ3) is 4.60. The number of nitrogens with one attached hydrogen (secondary N) is 1. The number of thioether (sulfide) groups is 1. The van der Waals surface area contributed by atoms with Crippen molar-refractivity contribution in [1.29, 1.82) is 0 Å². The fraction of sp³-hybridized carbons (Fsp3) is 0.556. The minimum atomic E-state index is -0.0396. The van der Waals surface area contributed by atoms with E-state index < -0.39 is 0 Å². The lowest BCUT2D eigenvalue weighted by Gasteiger charge is -2.11. The number of amides is 1. The van der Waals surface area contributed by atoms with Gasteiger partial charge in [0, 0.05) is 5.69 Å². The van der Waals surface area contributed by atoms with Crippen LogP contribution >= 0.6 is 11.8 Å². The highest BCUT2D eigenvalue weighted by atomic mass is 32.2. The summed E-state index contributed by atoms with van der Waals surface area (Å²) in [5, 5.41) is 15.6. The maximum absolute atomic E-state index is 12.2. The Labute approximate surface area is 152 Å². The average molecular weight is 359 g/mol. The Balaban J connectivity index is 1.52. The standard InChI is InChI=1S/C18H25N5OS/c1-3-13(2)14-8-10-15(11-9-14)19-17(24)12-25-18-20-21-22-23(18)16-6-4-5-7-16/h8-11,13,16H,3-7,12H2,1-2H3,(H,19,24). The van der Waals surface area contributed by atoms with Gasteiger partial charge >= 0.3 is 0 Å². The summed E-state index contributed by atoms with van der Waals surface area (Å²) in [6, 6.07) is 8.47. The molecule has 0 bridgehead atoms. The normalized spacial score (nSPS) is 16.1. The van der Waals surface area contributed by atoms with Gasteiger partial charge in [-0.05, 0) is 53.3 Å². The minimum Gasteiger partial charge on any atom is -0.325 e. The summed E-state index contributed by atoms with van der Waals surface area (Å²) >= 11 is 1.39. The summed E-state index contributed by atoms with van der Waals surface area (Å²) in [5.41, 5.74) is 2.12. The number of carbonyl (C=O) groups is 1. The number of hydrogen-bond acceptors (Lipinski definition) is 5. The highest BCUT2D eigenvalue weighted by molar-refractivity contribution is 7.99. The fourth-order valence-corrected chi connectivity index (χ4v) is 3.86. The molecule has 3 rings (SSSR count). The third-order valence-electron chi connectivity index (χ3n) is 4.84. The number of rotatable bonds is 7. The smallest absolute Gasteiger partial charge is 0.234 e. The van der Waals surface area contributed by atoms with Gasteiger partial charge in [0.25, 0.3) is 0 Å². The van der Waals surface area contributed by atoms with Gasteiger partial charge < -0.3 is 5.32 Å². The number of tetrazole rings is 1. The van der Waals surface area contributed by atoms with Crippen LogP contribution in [0.15, 0.2) is 29.4 Å². The Bertz CT molecular complexity index is 694. The van der Waals surface area contributed by atoms with E-state index in [1.807, 2.05) is 16.8 Å². The van der Waals surface area contributed by atoms with E-state index >= 15 is 0 Å². The van der Waals surface area contributed by atoms with E-state index in [-0.39, 0.29) is 5.91 Å². The molecule has 1 N–H and O–H groups in total. The van der Waals surface area contributed by atoms with Gasteiger partial charge in [-0.1, -0.05) is 50.6 Å². The Kier molecular flexibility index (Phi) is 6.07. The molecule has 1 atom stereocenters. The number of anilines is 1. The molecule has 0 radical (unpaired) electrons. The molecule has 1 heterocycles. The number of aromatic nitrogens is 4. The van der Waals surface area contributed by atoms with Crippen molar-refractivity contribution in [3.05, 3.63) is 29.8 Å². The van der Waals surface area contributed by atoms with E-state index in [1.165, 1.54) is 30.2 Å². The van der Waals surface area contributed by atoms with Crippen LogP contribution in [-0.4, -0.2) is 31.9 Å². The lowest BCUT2D eigenvalue weighted by molar-refractivity contribution is -0.113. The molecule has 1 amide bonds. The lowest BCUT2D eigenvalue weighted by atomic mass is 9.99. The highest BCUT2D eigenvalue weighted by Crippen LogP contribution is 2.31. The van der Waals surface area contributed by atoms with E-state index in [0.29, 0.717) is 17.7 Å². The third-order valence-corrected chi connectivity index (χ3v) is 5.77. The van der Waals surface area contributed by atoms with Gasteiger partial charge in [-0.25, -0.2) is 4.68 Å². The molecular formula is C18H25N5OS. The zero-order valence-electron chi connectivity index (χ0n) is 14.8. The monoisotopic (exact) mass is 359 g/mol. The summed E-state index contributed by atoms with van der Waals surface area (Å²) in [6.07, 6.45) is 5.79. The average Bonchev–Trinajstić information content (AvgIpc) is 3.31. The molecule has 0 spiro atoms. The van der Waals surface area contributed by atoms with E-state index in [9.17, 15) is 4.79 Å². The molecule has 1 unspecified atom stereocenters. The van der Waals surface area contributed by atoms with Crippen LogP contribution in [-0.2, 0) is 4.79 Å². The predicted molar refractivity (Wildman–Crippen MR) is 99.8 cm³/mol. The largest absolute Gasteiger partial charge is 0.325 e. The van der Waals surface area contributed by atoms with Crippen LogP contribution in [0.4, 0.5) is 5.69 Å². The van der Waals surface area contributed by atoms with Crippen LogP contribution in [0.1, 0.15) is 63.5 Å². The molecule has 0 aliphatic heterocycles. The minimum absolute atomic E-state index is 0.0396. The van der Waals surface area contributed by atoms with Gasteiger partial charge in [0.2, 0.25) is 11.1 Å². The molecular weight excluding hydrogens is 334 g/mol. The van der Waals surface area contributed by atoms with Crippen LogP contribution in [0, 0.1) is 0 Å². The number of hydrogen-bond donors (Lipinski definition) is 1. The van der Waals surface area contributed by atoms with Crippen molar-refractivity contribution in [2.24, 2.45) is 0 Å². The predicted octanol–water partition coefficient (Wildman–Crippen LogP) is 4.03. The molecule has 2 aromatic rings. The van der Waals surface area contributed by atoms with Crippen molar-refractivity contribution in [2.75, 3.05) is 11.1 Å². The van der Waals surface area contributed by atoms with Crippen molar-refractivity contribution in [3.8, 4) is 0 Å². The first kappa shape index (κ1) is 17.9. The van der Waals surface area contributed by atoms with Gasteiger partial charge in [-0.15, -0.1) is 5.10 Å². The van der Waals surface area contributed by atoms with E-state index in [2.05, 4.69) is 46.8 Å². The maximum atomic E-state index is 12.2. The molecule has 1 aromatic heterocycles. The molecule has 1 saturated carbocycles. The summed E-state index contributed by atoms with van der Waals surface area (Å²) in [5.74, 6) is 0.803. The van der Waals surface area contributed by atoms with Crippen LogP contribution in [0.3, 0.4) is 0 Å². The SMILES string of the molecule is CCC(C)c1ccc(NC(=O)CSc2nnnn2C2CCCC2)cc1. The van der Waals surface area contributed by atoms with Gasteiger partial charge in [0.15, 0.2) is 0 Å². The summed E-state index contributed by atoms with van der Waals surface area (Å²) in [7, 11) is 0. The van der Waals surface area contributed by atoms with Crippen molar-refractivity contribution in [1.82, 2.24) is 20.2 Å². The topological polar surface area (TPSA) is 72.7 Å². The van der Waals surface area contributed by atoms with Gasteiger partial charge in [0.05, 0.1) is 11.8 Å². The molecule has 1 aromatic carbocycles. The van der Waals surface area contributed by atoms with Crippen molar-refractivity contribution < 1.29 is 4.79 Å². The Morgan fingerprint density at radius 3 is 2.72 bits per heavy atom. The number of benzene rings is 1. The second-order valence-electron chi connectivity index (χ2n) is 6.61. The summed E-state index contributed by atoms with van der Waals surface area (Å²) < 4.78 is 1.88. The van der Waals surface area contributed by atoms with Crippen molar-refractivity contribution in [2.45, 2.75) is 63.1 Å². The fourth-order valence-electron chi connectivity index (χ4n) is 3.12. The molecule has 1 aliphatic rings. The van der Waals surface area contributed by atoms with Crippen molar-refractivity contribution in [3.63, 3.8) is 0 Å². The zero-order valence-corrected chi connectivity index (χ0v) is 15.6. The Morgan fingerprint density at radius 2 is 2.04 bits per heavy atom. The number of nitrogens with zero attached hydrogens (tertiary/aromatic N) is 4. The molecule has 7 heteroatoms. The van der Waals surface area contributed by atoms with E-state index in [0.717, 1.165) is 30.1 Å². The summed E-state index contributed by atoms with van der Waals surface area (Å²) in [4.78, 5) is 12.2. The first-order valence-electron chi connectivity index (χ1n) is 8.98. The second-order valence-corrected chi connectivity index (χ2v) is 7.55. The van der Waals surface area contributed by atoms with Gasteiger partial charge in [0.1, 0.15) is 0 Å². The molecule has 0 saturated heterocycles. The second kappa shape index (κ2) is 8.47. The quantitative estimate of drug-likeness (QED) is 0.756. The first-order chi connectivity index (χ1) is 12.2. The lowest BCUT2D eigenvalue weighted by Crippen LogP contribution is -2.15. The Hall–Kier alpha value is -1.89.